The van der Waals surface area contributed by atoms with Gasteiger partial charge in [-0.15, -0.1) is 0 Å². The van der Waals surface area contributed by atoms with Crippen molar-refractivity contribution in [2.24, 2.45) is 11.3 Å². The highest BCUT2D eigenvalue weighted by Crippen LogP contribution is 2.54. The quantitative estimate of drug-likeness (QED) is 0.116. The van der Waals surface area contributed by atoms with Crippen molar-refractivity contribution in [3.05, 3.63) is 89.6 Å². The molecule has 1 saturated carbocycles. The first-order valence-corrected chi connectivity index (χ1v) is 15.9. The number of nitrogens with zero attached hydrogens (tertiary/aromatic N) is 2. The van der Waals surface area contributed by atoms with Crippen LogP contribution >= 0.6 is 0 Å². The van der Waals surface area contributed by atoms with Gasteiger partial charge in [-0.2, -0.15) is 0 Å². The van der Waals surface area contributed by atoms with E-state index < -0.39 is 11.2 Å². The molecule has 0 N–H and O–H groups in total. The lowest BCUT2D eigenvalue weighted by atomic mass is 9.86. The third kappa shape index (κ3) is 7.29. The lowest BCUT2D eigenvalue weighted by Crippen LogP contribution is -2.37. The minimum Gasteiger partial charge on any atom is -0.493 e. The molecule has 246 valence electrons. The minimum atomic E-state index is -1.10. The Balaban J connectivity index is 1.11. The lowest BCUT2D eigenvalue weighted by Gasteiger charge is -2.26. The molecule has 4 aromatic rings. The van der Waals surface area contributed by atoms with Gasteiger partial charge in [0.2, 0.25) is 0 Å². The van der Waals surface area contributed by atoms with E-state index in [9.17, 15) is 14.0 Å². The number of carbonyl (C=O) groups is 2. The van der Waals surface area contributed by atoms with Crippen LogP contribution in [0.5, 0.6) is 23.0 Å². The largest absolute Gasteiger partial charge is 0.493 e. The summed E-state index contributed by atoms with van der Waals surface area (Å²) >= 11 is 0. The van der Waals surface area contributed by atoms with Crippen LogP contribution in [0.15, 0.2) is 66.9 Å². The topological polar surface area (TPSA) is 87.2 Å². The zero-order valence-corrected chi connectivity index (χ0v) is 26.6. The van der Waals surface area contributed by atoms with Gasteiger partial charge in [-0.1, -0.05) is 25.1 Å². The summed E-state index contributed by atoms with van der Waals surface area (Å²) in [6.07, 6.45) is 2.85. The second-order valence-electron chi connectivity index (χ2n) is 12.3. The number of aromatic nitrogens is 1. The maximum absolute atomic E-state index is 15.4. The predicted molar refractivity (Wildman–Crippen MR) is 172 cm³/mol. The zero-order chi connectivity index (χ0) is 33.0. The number of hydrogen-bond donors (Lipinski definition) is 0. The van der Waals surface area contributed by atoms with Crippen molar-refractivity contribution in [3.63, 3.8) is 0 Å². The molecule has 2 fully saturated rings. The summed E-state index contributed by atoms with van der Waals surface area (Å²) in [5.41, 5.74) is 0.605. The van der Waals surface area contributed by atoms with Gasteiger partial charge in [0.15, 0.2) is 34.6 Å². The molecule has 2 atom stereocenters. The molecule has 47 heavy (non-hydrogen) atoms. The summed E-state index contributed by atoms with van der Waals surface area (Å²) in [5, 5.41) is 0.619. The number of fused-ring (bicyclic) bond motifs is 1. The third-order valence-corrected chi connectivity index (χ3v) is 9.13. The van der Waals surface area contributed by atoms with Crippen LogP contribution in [0.1, 0.15) is 30.9 Å². The van der Waals surface area contributed by atoms with E-state index in [1.165, 1.54) is 24.3 Å². The fourth-order valence-corrected chi connectivity index (χ4v) is 6.29. The summed E-state index contributed by atoms with van der Waals surface area (Å²) < 4.78 is 51.7. The van der Waals surface area contributed by atoms with Crippen LogP contribution in [-0.4, -0.2) is 68.0 Å². The first-order chi connectivity index (χ1) is 22.8. The smallest absolute Gasteiger partial charge is 0.166 e. The Morgan fingerprint density at radius 3 is 2.30 bits per heavy atom. The van der Waals surface area contributed by atoms with E-state index in [4.69, 9.17) is 18.9 Å². The summed E-state index contributed by atoms with van der Waals surface area (Å²) in [6, 6.07) is 15.3. The Kier molecular flexibility index (Phi) is 9.79. The molecule has 6 rings (SSSR count). The molecule has 1 aromatic heterocycles. The average Bonchev–Trinajstić information content (AvgIpc) is 3.77. The molecule has 1 aliphatic carbocycles. The van der Waals surface area contributed by atoms with E-state index in [1.54, 1.807) is 49.7 Å². The van der Waals surface area contributed by atoms with Crippen molar-refractivity contribution in [2.45, 2.75) is 32.6 Å². The lowest BCUT2D eigenvalue weighted by molar-refractivity contribution is -0.134. The number of rotatable bonds is 14. The second-order valence-corrected chi connectivity index (χ2v) is 12.3. The van der Waals surface area contributed by atoms with Crippen LogP contribution in [0, 0.1) is 23.0 Å². The second kappa shape index (κ2) is 14.1. The van der Waals surface area contributed by atoms with Gasteiger partial charge in [-0.25, -0.2) is 8.78 Å². The first kappa shape index (κ1) is 32.5. The van der Waals surface area contributed by atoms with Gasteiger partial charge in [0.05, 0.1) is 37.9 Å². The van der Waals surface area contributed by atoms with Crippen LogP contribution in [0.4, 0.5) is 8.78 Å². The van der Waals surface area contributed by atoms with Crippen LogP contribution in [0.25, 0.3) is 10.9 Å². The van der Waals surface area contributed by atoms with Crippen molar-refractivity contribution in [1.29, 1.82) is 0 Å². The molecule has 3 aromatic carbocycles. The Morgan fingerprint density at radius 1 is 0.915 bits per heavy atom. The Labute approximate surface area is 272 Å². The SMILES string of the molecule is COc1cc2c(Oc3ccc(CC(=O)[C@@]4(C(=O)Cc5ccc(F)cc5)C[C@H]4C)cc3F)ccnc2cc1OCCCN1CCOCC1. The van der Waals surface area contributed by atoms with E-state index >= 15 is 4.39 Å². The highest BCUT2D eigenvalue weighted by Gasteiger charge is 2.61. The molecular weight excluding hydrogens is 606 g/mol. The third-order valence-electron chi connectivity index (χ3n) is 9.13. The maximum Gasteiger partial charge on any atom is 0.166 e. The standard InChI is InChI=1S/C37H38F2N2O6/c1-24-23-37(24,35(42)19-25-4-7-27(38)8-5-25)36(43)20-26-6-9-32(29(39)18-26)47-31-10-11-40-30-22-34(33(44-2)21-28(30)31)46-15-3-12-41-13-16-45-17-14-41/h4-11,18,21-22,24H,3,12-17,19-20,23H2,1-2H3/t24-,37+/m1/s1. The Morgan fingerprint density at radius 2 is 1.62 bits per heavy atom. The van der Waals surface area contributed by atoms with Gasteiger partial charge in [-0.05, 0) is 66.3 Å². The molecule has 8 nitrogen and oxygen atoms in total. The number of benzene rings is 3. The van der Waals surface area contributed by atoms with Crippen molar-refractivity contribution in [1.82, 2.24) is 9.88 Å². The molecule has 0 unspecified atom stereocenters. The van der Waals surface area contributed by atoms with Gasteiger partial charge >= 0.3 is 0 Å². The monoisotopic (exact) mass is 644 g/mol. The van der Waals surface area contributed by atoms with Gasteiger partial charge in [0.25, 0.3) is 0 Å². The number of morpholine rings is 1. The van der Waals surface area contributed by atoms with Crippen LogP contribution in [-0.2, 0) is 27.2 Å². The molecule has 2 heterocycles. The van der Waals surface area contributed by atoms with E-state index in [0.717, 1.165) is 39.3 Å². The van der Waals surface area contributed by atoms with E-state index in [1.807, 2.05) is 6.92 Å². The van der Waals surface area contributed by atoms with Crippen LogP contribution in [0.3, 0.4) is 0 Å². The first-order valence-electron chi connectivity index (χ1n) is 15.9. The van der Waals surface area contributed by atoms with Gasteiger partial charge in [0.1, 0.15) is 11.6 Å². The number of ketones is 2. The van der Waals surface area contributed by atoms with Crippen LogP contribution < -0.4 is 14.2 Å². The molecular formula is C37H38F2N2O6. The molecule has 1 aliphatic heterocycles. The molecule has 1 saturated heterocycles. The van der Waals surface area contributed by atoms with E-state index in [2.05, 4.69) is 9.88 Å². The highest BCUT2D eigenvalue weighted by molar-refractivity contribution is 6.11. The van der Waals surface area contributed by atoms with Gasteiger partial charge < -0.3 is 18.9 Å². The normalized spacial score (nSPS) is 19.4. The average molecular weight is 645 g/mol. The predicted octanol–water partition coefficient (Wildman–Crippen LogP) is 6.36. The number of halogens is 2. The van der Waals surface area contributed by atoms with Crippen molar-refractivity contribution < 1.29 is 37.3 Å². The summed E-state index contributed by atoms with van der Waals surface area (Å²) in [4.78, 5) is 33.4. The number of hydrogen-bond acceptors (Lipinski definition) is 8. The molecule has 10 heteroatoms. The zero-order valence-electron chi connectivity index (χ0n) is 26.6. The van der Waals surface area contributed by atoms with E-state index in [-0.39, 0.29) is 41.9 Å². The maximum atomic E-state index is 15.4. The summed E-state index contributed by atoms with van der Waals surface area (Å²) in [5.74, 6) is -0.122. The molecule has 2 aliphatic rings. The molecule has 0 radical (unpaired) electrons. The number of carbonyl (C=O) groups excluding carboxylic acids is 2. The fraction of sp³-hybridized carbons (Fsp3) is 0.378. The number of pyridine rings is 1. The number of ether oxygens (including phenoxy) is 4. The van der Waals surface area contributed by atoms with Crippen LogP contribution in [0.2, 0.25) is 0 Å². The van der Waals surface area contributed by atoms with Crippen molar-refractivity contribution in [2.75, 3.05) is 46.6 Å². The number of methoxy groups -OCH3 is 1. The highest BCUT2D eigenvalue weighted by atomic mass is 19.1. The molecule has 0 amide bonds. The van der Waals surface area contributed by atoms with Gasteiger partial charge in [-0.3, -0.25) is 19.5 Å². The minimum absolute atomic E-state index is 0.0157. The van der Waals surface area contributed by atoms with Crippen molar-refractivity contribution >= 4 is 22.5 Å². The number of Topliss-reactive ketones (excluding diaryl/α,β-unsaturated/α-hetero) is 2. The summed E-state index contributed by atoms with van der Waals surface area (Å²) in [7, 11) is 1.56. The summed E-state index contributed by atoms with van der Waals surface area (Å²) in [6.45, 7) is 6.66. The Bertz CT molecular complexity index is 1760. The van der Waals surface area contributed by atoms with Crippen molar-refractivity contribution in [3.8, 4) is 23.0 Å². The molecule has 0 bridgehead atoms. The van der Waals surface area contributed by atoms with E-state index in [0.29, 0.717) is 52.3 Å². The fourth-order valence-electron chi connectivity index (χ4n) is 6.29. The Hall–Kier alpha value is -4.41. The molecule has 0 spiro atoms. The van der Waals surface area contributed by atoms with Gasteiger partial charge in [0, 0.05) is 50.1 Å².